The molecule has 2 bridgehead atoms. The zero-order valence-corrected chi connectivity index (χ0v) is 30.0. The van der Waals surface area contributed by atoms with Crippen LogP contribution in [0.3, 0.4) is 0 Å². The second-order valence-electron chi connectivity index (χ2n) is 13.1. The number of ether oxygens (including phenoxy) is 3. The fourth-order valence-corrected chi connectivity index (χ4v) is 8.60. The average Bonchev–Trinajstić information content (AvgIpc) is 3.67. The highest BCUT2D eigenvalue weighted by atomic mass is 79.9. The summed E-state index contributed by atoms with van der Waals surface area (Å²) in [5.74, 6) is -3.72. The second-order valence-corrected chi connectivity index (χ2v) is 14.3. The van der Waals surface area contributed by atoms with Crippen LogP contribution in [0.25, 0.3) is 0 Å². The Balaban J connectivity index is 1.73. The number of alkyl halides is 1. The standard InChI is InChI=1S/C36H50BrN3O8/c1-7-10-17-27(42)38-26(21-46-6)30(24-15-12-11-13-16-24)47-35(45)28-29-33(43)40(23(5)20-41)32(36(29)19-25(37)31(28)48-36)34(44)39(18-9-3)22(4)14-8-2/h7,9,11-13,15-16,22-23,25-26,28-32,41H,1,3,8,10,14,17-21H2,2,4-6H3,(H,38,42)/t22?,23-,25?,26-,28-,29+,30-,31-,32-,36+/m1/s1. The molecular formula is C36H50BrN3O8. The zero-order chi connectivity index (χ0) is 35.2. The molecule has 1 aromatic rings. The van der Waals surface area contributed by atoms with Gasteiger partial charge in [-0.2, -0.15) is 0 Å². The fourth-order valence-electron chi connectivity index (χ4n) is 7.66. The lowest BCUT2D eigenvalue weighted by molar-refractivity contribution is -0.163. The van der Waals surface area contributed by atoms with Crippen molar-refractivity contribution in [2.24, 2.45) is 11.8 Å². The molecule has 3 amide bonds. The molecule has 1 aromatic carbocycles. The van der Waals surface area contributed by atoms with E-state index in [2.05, 4.69) is 34.4 Å². The number of nitrogens with one attached hydrogen (secondary N) is 1. The minimum Gasteiger partial charge on any atom is -0.455 e. The number of amides is 3. The molecule has 0 aromatic heterocycles. The number of methoxy groups -OCH3 is 1. The van der Waals surface area contributed by atoms with Crippen LogP contribution in [0.1, 0.15) is 64.5 Å². The Morgan fingerprint density at radius 1 is 1.23 bits per heavy atom. The fraction of sp³-hybridized carbons (Fsp3) is 0.611. The van der Waals surface area contributed by atoms with Gasteiger partial charge in [0.15, 0.2) is 0 Å². The van der Waals surface area contributed by atoms with Crippen LogP contribution in [0.15, 0.2) is 55.6 Å². The summed E-state index contributed by atoms with van der Waals surface area (Å²) >= 11 is 3.71. The monoisotopic (exact) mass is 731 g/mol. The van der Waals surface area contributed by atoms with E-state index in [4.69, 9.17) is 14.2 Å². The molecule has 3 aliphatic heterocycles. The van der Waals surface area contributed by atoms with E-state index in [9.17, 15) is 24.3 Å². The van der Waals surface area contributed by atoms with Crippen molar-refractivity contribution in [2.75, 3.05) is 26.9 Å². The summed E-state index contributed by atoms with van der Waals surface area (Å²) in [5.41, 5.74) is -0.684. The number of carbonyl (C=O) groups excluding carboxylic acids is 4. The van der Waals surface area contributed by atoms with Gasteiger partial charge < -0.3 is 34.4 Å². The van der Waals surface area contributed by atoms with Crippen molar-refractivity contribution in [2.45, 2.75) is 99.7 Å². The molecule has 3 aliphatic rings. The number of allylic oxidation sites excluding steroid dienone is 1. The first-order valence-electron chi connectivity index (χ1n) is 16.8. The van der Waals surface area contributed by atoms with E-state index in [0.29, 0.717) is 18.4 Å². The summed E-state index contributed by atoms with van der Waals surface area (Å²) in [6.07, 6.45) is 4.23. The maximum absolute atomic E-state index is 14.6. The quantitative estimate of drug-likeness (QED) is 0.133. The highest BCUT2D eigenvalue weighted by Crippen LogP contribution is 2.61. The maximum Gasteiger partial charge on any atom is 0.313 e. The van der Waals surface area contributed by atoms with E-state index >= 15 is 0 Å². The molecule has 264 valence electrons. The Bertz CT molecular complexity index is 1330. The number of halogens is 1. The molecule has 12 heteroatoms. The number of benzene rings is 1. The summed E-state index contributed by atoms with van der Waals surface area (Å²) in [5, 5.41) is 13.2. The predicted molar refractivity (Wildman–Crippen MR) is 184 cm³/mol. The molecule has 0 saturated carbocycles. The Kier molecular flexibility index (Phi) is 13.0. The molecule has 10 atom stereocenters. The molecule has 3 saturated heterocycles. The Morgan fingerprint density at radius 3 is 2.54 bits per heavy atom. The van der Waals surface area contributed by atoms with Gasteiger partial charge in [-0.3, -0.25) is 19.2 Å². The van der Waals surface area contributed by atoms with Crippen molar-refractivity contribution in [1.29, 1.82) is 0 Å². The molecule has 2 unspecified atom stereocenters. The van der Waals surface area contributed by atoms with Gasteiger partial charge in [0.25, 0.3) is 0 Å². The van der Waals surface area contributed by atoms with Gasteiger partial charge in [-0.15, -0.1) is 13.2 Å². The van der Waals surface area contributed by atoms with Crippen LogP contribution in [0, 0.1) is 11.8 Å². The van der Waals surface area contributed by atoms with Gasteiger partial charge >= 0.3 is 5.97 Å². The minimum atomic E-state index is -1.32. The van der Waals surface area contributed by atoms with Gasteiger partial charge in [0.05, 0.1) is 43.2 Å². The van der Waals surface area contributed by atoms with Crippen molar-refractivity contribution in [3.8, 4) is 0 Å². The number of hydrogen-bond donors (Lipinski definition) is 2. The number of fused-ring (bicyclic) bond motifs is 1. The third kappa shape index (κ3) is 7.27. The molecule has 3 heterocycles. The van der Waals surface area contributed by atoms with E-state index in [1.54, 1.807) is 36.1 Å². The summed E-state index contributed by atoms with van der Waals surface area (Å²) in [6, 6.07) is 6.41. The molecule has 0 radical (unpaired) electrons. The SMILES string of the molecule is C=CCCC(=O)N[C@H](COC)[C@H](OC(=O)[C@H]1[C@@H]2O[C@@]3(CC2Br)[C@@H]1C(=O)N([C@H](C)CO)[C@@H]3C(=O)N(CC=C)C(C)CCC)c1ccccc1. The van der Waals surface area contributed by atoms with Gasteiger partial charge in [-0.25, -0.2) is 0 Å². The van der Waals surface area contributed by atoms with Gasteiger partial charge in [-0.1, -0.05) is 71.8 Å². The number of aliphatic hydroxyl groups excluding tert-OH is 1. The summed E-state index contributed by atoms with van der Waals surface area (Å²) in [7, 11) is 1.50. The van der Waals surface area contributed by atoms with Gasteiger partial charge in [0, 0.05) is 30.9 Å². The highest BCUT2D eigenvalue weighted by molar-refractivity contribution is 9.09. The van der Waals surface area contributed by atoms with Crippen LogP contribution in [0.4, 0.5) is 0 Å². The molecule has 1 spiro atoms. The Labute approximate surface area is 292 Å². The lowest BCUT2D eigenvalue weighted by Crippen LogP contribution is -2.59. The lowest BCUT2D eigenvalue weighted by atomic mass is 9.70. The number of likely N-dealkylation sites (tertiary alicyclic amines) is 1. The van der Waals surface area contributed by atoms with Crippen LogP contribution >= 0.6 is 15.9 Å². The van der Waals surface area contributed by atoms with Gasteiger partial charge in [0.2, 0.25) is 17.7 Å². The number of nitrogens with zero attached hydrogens (tertiary/aromatic N) is 2. The number of carbonyl (C=O) groups is 4. The zero-order valence-electron chi connectivity index (χ0n) is 28.4. The maximum atomic E-state index is 14.6. The molecule has 4 rings (SSSR count). The lowest BCUT2D eigenvalue weighted by Gasteiger charge is -2.40. The normalized spacial score (nSPS) is 28.2. The van der Waals surface area contributed by atoms with E-state index in [1.165, 1.54) is 12.0 Å². The number of rotatable bonds is 18. The van der Waals surface area contributed by atoms with Crippen molar-refractivity contribution in [3.05, 3.63) is 61.2 Å². The van der Waals surface area contributed by atoms with E-state index < -0.39 is 59.6 Å². The third-order valence-corrected chi connectivity index (χ3v) is 10.7. The van der Waals surface area contributed by atoms with Crippen LogP contribution in [0.2, 0.25) is 0 Å². The Hall–Kier alpha value is -3.06. The van der Waals surface area contributed by atoms with Crippen molar-refractivity contribution in [1.82, 2.24) is 15.1 Å². The number of aliphatic hydroxyl groups is 1. The van der Waals surface area contributed by atoms with E-state index in [0.717, 1.165) is 12.8 Å². The number of hydrogen-bond acceptors (Lipinski definition) is 8. The molecule has 11 nitrogen and oxygen atoms in total. The topological polar surface area (TPSA) is 135 Å². The first-order chi connectivity index (χ1) is 23.0. The highest BCUT2D eigenvalue weighted by Gasteiger charge is 2.77. The number of esters is 1. The minimum absolute atomic E-state index is 0.0537. The summed E-state index contributed by atoms with van der Waals surface area (Å²) in [6.45, 7) is 13.2. The van der Waals surface area contributed by atoms with Crippen LogP contribution in [-0.4, -0.2) is 106 Å². The van der Waals surface area contributed by atoms with Crippen LogP contribution in [-0.2, 0) is 33.4 Å². The largest absolute Gasteiger partial charge is 0.455 e. The predicted octanol–water partition coefficient (Wildman–Crippen LogP) is 3.70. The molecular weight excluding hydrogens is 682 g/mol. The van der Waals surface area contributed by atoms with Gasteiger partial charge in [-0.05, 0) is 38.7 Å². The van der Waals surface area contributed by atoms with E-state index in [1.807, 2.05) is 32.0 Å². The second kappa shape index (κ2) is 16.6. The summed E-state index contributed by atoms with van der Waals surface area (Å²) < 4.78 is 18.4. The molecule has 0 aliphatic carbocycles. The molecule has 3 fully saturated rings. The van der Waals surface area contributed by atoms with Crippen molar-refractivity contribution < 1.29 is 38.5 Å². The van der Waals surface area contributed by atoms with Crippen molar-refractivity contribution in [3.63, 3.8) is 0 Å². The van der Waals surface area contributed by atoms with Crippen molar-refractivity contribution >= 4 is 39.6 Å². The first-order valence-corrected chi connectivity index (χ1v) is 17.7. The van der Waals surface area contributed by atoms with Crippen LogP contribution in [0.5, 0.6) is 0 Å². The van der Waals surface area contributed by atoms with Gasteiger partial charge in [0.1, 0.15) is 17.7 Å². The third-order valence-electron chi connectivity index (χ3n) is 9.82. The molecule has 2 N–H and O–H groups in total. The summed E-state index contributed by atoms with van der Waals surface area (Å²) in [4.78, 5) is 59.1. The molecule has 48 heavy (non-hydrogen) atoms. The average molecular weight is 733 g/mol. The first kappa shape index (κ1) is 37.8. The van der Waals surface area contributed by atoms with Crippen LogP contribution < -0.4 is 5.32 Å². The Morgan fingerprint density at radius 2 is 1.94 bits per heavy atom. The van der Waals surface area contributed by atoms with E-state index in [-0.39, 0.29) is 48.9 Å². The smallest absolute Gasteiger partial charge is 0.313 e.